The fraction of sp³-hybridized carbons (Fsp3) is 0.478. The summed E-state index contributed by atoms with van der Waals surface area (Å²) in [7, 11) is 0. The van der Waals surface area contributed by atoms with E-state index in [1.807, 2.05) is 13.0 Å². The van der Waals surface area contributed by atoms with Gasteiger partial charge in [-0.3, -0.25) is 4.79 Å². The number of halogens is 2. The number of likely N-dealkylation sites (tertiary alicyclic amines) is 1. The molecule has 34 heavy (non-hydrogen) atoms. The zero-order valence-electron chi connectivity index (χ0n) is 18.4. The van der Waals surface area contributed by atoms with Crippen LogP contribution in [0.4, 0.5) is 15.9 Å². The van der Waals surface area contributed by atoms with Gasteiger partial charge in [0.1, 0.15) is 6.33 Å². The number of hydrogen-bond acceptors (Lipinski definition) is 8. The van der Waals surface area contributed by atoms with Crippen LogP contribution in [0.15, 0.2) is 24.5 Å². The van der Waals surface area contributed by atoms with Gasteiger partial charge in [-0.2, -0.15) is 14.6 Å². The number of nitrogens with zero attached hydrogens (tertiary/aromatic N) is 4. The zero-order chi connectivity index (χ0) is 24.1. The number of nitriles is 1. The number of hydrogen-bond donors (Lipinski definition) is 2. The highest BCUT2D eigenvalue weighted by Gasteiger charge is 2.57. The first-order chi connectivity index (χ1) is 16.2. The van der Waals surface area contributed by atoms with Gasteiger partial charge in [0.15, 0.2) is 5.82 Å². The molecule has 9 nitrogen and oxygen atoms in total. The Labute approximate surface area is 200 Å². The van der Waals surface area contributed by atoms with E-state index in [0.29, 0.717) is 11.3 Å². The van der Waals surface area contributed by atoms with Crippen molar-refractivity contribution in [3.05, 3.63) is 40.9 Å². The molecule has 2 aromatic rings. The van der Waals surface area contributed by atoms with Crippen LogP contribution in [0.25, 0.3) is 0 Å². The summed E-state index contributed by atoms with van der Waals surface area (Å²) in [6.45, 7) is 2.79. The third-order valence-corrected chi connectivity index (χ3v) is 7.17. The maximum atomic E-state index is 15.3. The van der Waals surface area contributed by atoms with E-state index in [1.165, 1.54) is 18.2 Å². The molecule has 3 fully saturated rings. The van der Waals surface area contributed by atoms with Crippen LogP contribution in [-0.4, -0.2) is 58.0 Å². The summed E-state index contributed by atoms with van der Waals surface area (Å²) < 4.78 is 26.7. The monoisotopic (exact) mass is 487 g/mol. The molecule has 2 aliphatic heterocycles. The Balaban J connectivity index is 1.37. The molecule has 1 aliphatic carbocycles. The fourth-order valence-electron chi connectivity index (χ4n) is 4.49. The molecular formula is C23H23ClFN5O4. The molecule has 1 amide bonds. The summed E-state index contributed by atoms with van der Waals surface area (Å²) in [5.74, 6) is -4.33. The summed E-state index contributed by atoms with van der Waals surface area (Å²) in [5, 5.41) is 23.5. The van der Waals surface area contributed by atoms with Crippen LogP contribution in [0.3, 0.4) is 0 Å². The first-order valence-corrected chi connectivity index (χ1v) is 11.4. The van der Waals surface area contributed by atoms with Gasteiger partial charge in [0, 0.05) is 18.5 Å². The van der Waals surface area contributed by atoms with E-state index >= 15 is 4.39 Å². The number of anilines is 2. The van der Waals surface area contributed by atoms with Crippen LogP contribution in [0.2, 0.25) is 5.02 Å². The van der Waals surface area contributed by atoms with Crippen LogP contribution in [0.1, 0.15) is 25.3 Å². The van der Waals surface area contributed by atoms with Crippen molar-refractivity contribution in [2.75, 3.05) is 31.6 Å². The summed E-state index contributed by atoms with van der Waals surface area (Å²) in [4.78, 5) is 22.4. The quantitative estimate of drug-likeness (QED) is 0.618. The lowest BCUT2D eigenvalue weighted by molar-refractivity contribution is -0.285. The standard InChI is InChI=1S/C23H23ClFN5O4/c1-22(4-5-22)21(31)30-8-14-10-33-11-15(9-30)23(14,32)34-20-18(25)19(27-12-28-20)29-17-3-2-13(7-26)6-16(17)24/h2-3,6,12,14-15,32H,4-5,8-11H2,1H3,(H,27,28,29)/t14-,15+,23?. The van der Waals surface area contributed by atoms with Crippen molar-refractivity contribution in [2.24, 2.45) is 17.3 Å². The lowest BCUT2D eigenvalue weighted by Gasteiger charge is -2.51. The fourth-order valence-corrected chi connectivity index (χ4v) is 4.72. The van der Waals surface area contributed by atoms with Crippen molar-refractivity contribution in [1.82, 2.24) is 14.9 Å². The average Bonchev–Trinajstić information content (AvgIpc) is 3.55. The Morgan fingerprint density at radius 2 is 2.06 bits per heavy atom. The Morgan fingerprint density at radius 1 is 1.35 bits per heavy atom. The number of benzene rings is 1. The normalized spacial score (nSPS) is 27.0. The number of rotatable bonds is 5. The Bertz CT molecular complexity index is 1170. The molecule has 2 N–H and O–H groups in total. The van der Waals surface area contributed by atoms with Gasteiger partial charge < -0.3 is 24.8 Å². The molecule has 1 aromatic heterocycles. The molecule has 0 spiro atoms. The minimum Gasteiger partial charge on any atom is -0.442 e. The molecule has 1 saturated carbocycles. The second kappa shape index (κ2) is 8.34. The molecular weight excluding hydrogens is 465 g/mol. The van der Waals surface area contributed by atoms with Crippen LogP contribution < -0.4 is 10.1 Å². The first kappa shape index (κ1) is 22.8. The van der Waals surface area contributed by atoms with E-state index in [4.69, 9.17) is 26.3 Å². The summed E-state index contributed by atoms with van der Waals surface area (Å²) in [6, 6.07) is 6.49. The highest BCUT2D eigenvalue weighted by atomic mass is 35.5. The topological polar surface area (TPSA) is 121 Å². The van der Waals surface area contributed by atoms with Crippen LogP contribution in [0, 0.1) is 34.4 Å². The molecule has 0 radical (unpaired) electrons. The maximum Gasteiger partial charge on any atom is 0.258 e. The predicted molar refractivity (Wildman–Crippen MR) is 119 cm³/mol. The SMILES string of the molecule is CC1(C(=O)N2C[C@H]3COC[C@@H](C2)C3(O)Oc2ncnc(Nc3ccc(C#N)cc3Cl)c2F)CC1. The number of ether oxygens (including phenoxy) is 2. The number of carbonyl (C=O) groups excluding carboxylic acids is 1. The third-order valence-electron chi connectivity index (χ3n) is 6.86. The molecule has 178 valence electrons. The van der Waals surface area contributed by atoms with Gasteiger partial charge >= 0.3 is 0 Å². The van der Waals surface area contributed by atoms with Crippen LogP contribution in [0.5, 0.6) is 5.88 Å². The van der Waals surface area contributed by atoms with Gasteiger partial charge in [0.2, 0.25) is 17.5 Å². The summed E-state index contributed by atoms with van der Waals surface area (Å²) >= 11 is 6.17. The van der Waals surface area contributed by atoms with Crippen molar-refractivity contribution in [2.45, 2.75) is 25.6 Å². The highest BCUT2D eigenvalue weighted by Crippen LogP contribution is 2.48. The number of aromatic nitrogens is 2. The van der Waals surface area contributed by atoms with Gasteiger partial charge in [-0.1, -0.05) is 18.5 Å². The van der Waals surface area contributed by atoms with Gasteiger partial charge in [0.05, 0.1) is 47.4 Å². The van der Waals surface area contributed by atoms with Crippen molar-refractivity contribution >= 4 is 29.0 Å². The van der Waals surface area contributed by atoms with E-state index in [1.54, 1.807) is 4.90 Å². The Kier molecular flexibility index (Phi) is 5.59. The molecule has 1 aromatic carbocycles. The molecule has 3 aliphatic rings. The minimum absolute atomic E-state index is 0.0745. The van der Waals surface area contributed by atoms with E-state index in [9.17, 15) is 9.90 Å². The van der Waals surface area contributed by atoms with Crippen molar-refractivity contribution in [1.29, 1.82) is 5.26 Å². The second-order valence-electron chi connectivity index (χ2n) is 9.33. The van der Waals surface area contributed by atoms with Gasteiger partial charge in [-0.15, -0.1) is 0 Å². The summed E-state index contributed by atoms with van der Waals surface area (Å²) in [6.07, 6.45) is 2.83. The number of fused-ring (bicyclic) bond motifs is 2. The van der Waals surface area contributed by atoms with E-state index in [-0.39, 0.29) is 48.5 Å². The predicted octanol–water partition coefficient (Wildman–Crippen LogP) is 2.86. The van der Waals surface area contributed by atoms with E-state index in [2.05, 4.69) is 15.3 Å². The molecule has 3 atom stereocenters. The molecule has 11 heteroatoms. The van der Waals surface area contributed by atoms with Gasteiger partial charge in [-0.05, 0) is 31.0 Å². The second-order valence-corrected chi connectivity index (χ2v) is 9.74. The number of aliphatic hydroxyl groups is 1. The lowest BCUT2D eigenvalue weighted by atomic mass is 9.80. The Morgan fingerprint density at radius 3 is 2.68 bits per heavy atom. The van der Waals surface area contributed by atoms with Gasteiger partial charge in [0.25, 0.3) is 5.88 Å². The molecule has 3 heterocycles. The minimum atomic E-state index is -1.75. The molecule has 5 rings (SSSR count). The molecule has 1 unspecified atom stereocenters. The molecule has 2 saturated heterocycles. The van der Waals surface area contributed by atoms with Crippen LogP contribution in [-0.2, 0) is 9.53 Å². The number of amides is 1. The third kappa shape index (κ3) is 3.94. The number of nitrogens with one attached hydrogen (secondary N) is 1. The first-order valence-electron chi connectivity index (χ1n) is 11.0. The summed E-state index contributed by atoms with van der Waals surface area (Å²) in [5.41, 5.74) is 0.380. The van der Waals surface area contributed by atoms with Crippen molar-refractivity contribution in [3.63, 3.8) is 0 Å². The van der Waals surface area contributed by atoms with E-state index < -0.39 is 29.3 Å². The largest absolute Gasteiger partial charge is 0.442 e. The number of carbonyl (C=O) groups is 1. The van der Waals surface area contributed by atoms with Crippen molar-refractivity contribution in [3.8, 4) is 11.9 Å². The zero-order valence-corrected chi connectivity index (χ0v) is 19.2. The van der Waals surface area contributed by atoms with Gasteiger partial charge in [-0.25, -0.2) is 4.98 Å². The average molecular weight is 488 g/mol. The number of piperidine rings is 1. The molecule has 2 bridgehead atoms. The highest BCUT2D eigenvalue weighted by molar-refractivity contribution is 6.33. The van der Waals surface area contributed by atoms with Crippen LogP contribution >= 0.6 is 11.6 Å². The lowest BCUT2D eigenvalue weighted by Crippen LogP contribution is -2.67. The van der Waals surface area contributed by atoms with Crippen molar-refractivity contribution < 1.29 is 23.8 Å². The Hall–Kier alpha value is -3.00. The van der Waals surface area contributed by atoms with E-state index in [0.717, 1.165) is 19.2 Å². The maximum absolute atomic E-state index is 15.3. The smallest absolute Gasteiger partial charge is 0.258 e.